The number of benzene rings is 1. The third-order valence-corrected chi connectivity index (χ3v) is 8.15. The first-order valence-corrected chi connectivity index (χ1v) is 12.4. The predicted molar refractivity (Wildman–Crippen MR) is 124 cm³/mol. The minimum absolute atomic E-state index is 0.00141. The summed E-state index contributed by atoms with van der Waals surface area (Å²) in [6.45, 7) is 3.79. The number of piperazine rings is 1. The minimum atomic E-state index is -3.46. The fraction of sp³-hybridized carbons (Fsp3) is 0.545. The van der Waals surface area contributed by atoms with Crippen molar-refractivity contribution in [3.05, 3.63) is 46.9 Å². The first-order chi connectivity index (χ1) is 15.3. The number of ether oxygens (including phenoxy) is 1. The van der Waals surface area contributed by atoms with E-state index in [-0.39, 0.29) is 11.7 Å². The van der Waals surface area contributed by atoms with E-state index in [2.05, 4.69) is 12.0 Å². The third-order valence-electron chi connectivity index (χ3n) is 6.21. The molecule has 1 aliphatic heterocycles. The molecular formula is C22H31N5O4S. The van der Waals surface area contributed by atoms with Crippen molar-refractivity contribution < 1.29 is 13.2 Å². The van der Waals surface area contributed by atoms with Crippen LogP contribution in [0.5, 0.6) is 5.75 Å². The summed E-state index contributed by atoms with van der Waals surface area (Å²) in [7, 11) is -0.402. The standard InChI is InChI=1S/C22H31N5O4S/c1-17-9-10-19(15-17)31-21-20(16-23-27(22(21)28)18-7-5-4-6-8-18)25-11-13-26(14-12-25)32(29,30)24(2)3/h4-8,16-17,19H,9-15H2,1-3H3. The summed E-state index contributed by atoms with van der Waals surface area (Å²) in [6.07, 6.45) is 4.58. The Hall–Kier alpha value is -2.43. The van der Waals surface area contributed by atoms with E-state index in [9.17, 15) is 13.2 Å². The summed E-state index contributed by atoms with van der Waals surface area (Å²) >= 11 is 0. The maximum Gasteiger partial charge on any atom is 0.316 e. The second kappa shape index (κ2) is 9.21. The van der Waals surface area contributed by atoms with E-state index in [1.54, 1.807) is 6.20 Å². The molecular weight excluding hydrogens is 430 g/mol. The Labute approximate surface area is 189 Å². The SMILES string of the molecule is CC1CCC(Oc2c(N3CCN(S(=O)(=O)N(C)C)CC3)cnn(-c3ccccc3)c2=O)C1. The molecule has 2 heterocycles. The van der Waals surface area contributed by atoms with Gasteiger partial charge in [-0.25, -0.2) is 0 Å². The maximum absolute atomic E-state index is 13.5. The van der Waals surface area contributed by atoms with Gasteiger partial charge in [0.1, 0.15) is 5.69 Å². The highest BCUT2D eigenvalue weighted by atomic mass is 32.2. The zero-order valence-electron chi connectivity index (χ0n) is 18.8. The molecule has 2 fully saturated rings. The molecule has 9 nitrogen and oxygen atoms in total. The van der Waals surface area contributed by atoms with Crippen molar-refractivity contribution in [2.24, 2.45) is 5.92 Å². The summed E-state index contributed by atoms with van der Waals surface area (Å²) in [6, 6.07) is 9.28. The molecule has 4 rings (SSSR count). The van der Waals surface area contributed by atoms with Gasteiger partial charge < -0.3 is 9.64 Å². The molecule has 0 N–H and O–H groups in total. The zero-order valence-corrected chi connectivity index (χ0v) is 19.7. The first kappa shape index (κ1) is 22.8. The van der Waals surface area contributed by atoms with Gasteiger partial charge in [0, 0.05) is 40.3 Å². The van der Waals surface area contributed by atoms with Gasteiger partial charge in [0.05, 0.1) is 18.0 Å². The van der Waals surface area contributed by atoms with Crippen LogP contribution >= 0.6 is 0 Å². The van der Waals surface area contributed by atoms with Crippen molar-refractivity contribution in [3.63, 3.8) is 0 Å². The van der Waals surface area contributed by atoms with Crippen molar-refractivity contribution in [2.45, 2.75) is 32.3 Å². The number of anilines is 1. The van der Waals surface area contributed by atoms with Gasteiger partial charge in [-0.15, -0.1) is 0 Å². The molecule has 2 aliphatic rings. The van der Waals surface area contributed by atoms with Crippen LogP contribution in [0.1, 0.15) is 26.2 Å². The molecule has 0 bridgehead atoms. The van der Waals surface area contributed by atoms with Crippen molar-refractivity contribution in [1.29, 1.82) is 0 Å². The van der Waals surface area contributed by atoms with Gasteiger partial charge in [0.2, 0.25) is 5.75 Å². The second-order valence-electron chi connectivity index (χ2n) is 8.75. The molecule has 32 heavy (non-hydrogen) atoms. The fourth-order valence-corrected chi connectivity index (χ4v) is 5.42. The predicted octanol–water partition coefficient (Wildman–Crippen LogP) is 1.73. The van der Waals surface area contributed by atoms with Crippen LogP contribution in [0.2, 0.25) is 0 Å². The van der Waals surface area contributed by atoms with Crippen molar-refractivity contribution in [3.8, 4) is 11.4 Å². The summed E-state index contributed by atoms with van der Waals surface area (Å²) in [5, 5.41) is 4.41. The van der Waals surface area contributed by atoms with Crippen LogP contribution in [0.3, 0.4) is 0 Å². The minimum Gasteiger partial charge on any atom is -0.483 e. The van der Waals surface area contributed by atoms with Crippen LogP contribution in [-0.2, 0) is 10.2 Å². The average Bonchev–Trinajstić information content (AvgIpc) is 3.20. The summed E-state index contributed by atoms with van der Waals surface area (Å²) in [5.41, 5.74) is 1.01. The molecule has 0 amide bonds. The topological polar surface area (TPSA) is 88.0 Å². The lowest BCUT2D eigenvalue weighted by molar-refractivity contribution is 0.201. The Morgan fingerprint density at radius 2 is 1.75 bits per heavy atom. The molecule has 0 spiro atoms. The average molecular weight is 462 g/mol. The molecule has 1 saturated carbocycles. The Morgan fingerprint density at radius 3 is 2.34 bits per heavy atom. The lowest BCUT2D eigenvalue weighted by Crippen LogP contribution is -2.52. The van der Waals surface area contributed by atoms with E-state index in [4.69, 9.17) is 4.74 Å². The zero-order chi connectivity index (χ0) is 22.9. The van der Waals surface area contributed by atoms with E-state index in [1.807, 2.05) is 35.2 Å². The summed E-state index contributed by atoms with van der Waals surface area (Å²) in [5.74, 6) is 0.869. The Bertz CT molecular complexity index is 1100. The van der Waals surface area contributed by atoms with Crippen LogP contribution in [0.25, 0.3) is 5.69 Å². The fourth-order valence-electron chi connectivity index (χ4n) is 4.34. The number of para-hydroxylation sites is 1. The van der Waals surface area contributed by atoms with Gasteiger partial charge in [0.15, 0.2) is 0 Å². The summed E-state index contributed by atoms with van der Waals surface area (Å²) in [4.78, 5) is 15.5. The van der Waals surface area contributed by atoms with Gasteiger partial charge >= 0.3 is 5.56 Å². The summed E-state index contributed by atoms with van der Waals surface area (Å²) < 4.78 is 35.3. The molecule has 2 unspecified atom stereocenters. The van der Waals surface area contributed by atoms with Gasteiger partial charge in [-0.3, -0.25) is 4.79 Å². The van der Waals surface area contributed by atoms with E-state index >= 15 is 0 Å². The van der Waals surface area contributed by atoms with Crippen LogP contribution < -0.4 is 15.2 Å². The van der Waals surface area contributed by atoms with E-state index in [0.29, 0.717) is 49.2 Å². The van der Waals surface area contributed by atoms with Crippen molar-refractivity contribution in [1.82, 2.24) is 18.4 Å². The number of rotatable bonds is 6. The lowest BCUT2D eigenvalue weighted by atomic mass is 10.1. The van der Waals surface area contributed by atoms with Gasteiger partial charge in [0.25, 0.3) is 10.2 Å². The Morgan fingerprint density at radius 1 is 1.06 bits per heavy atom. The highest BCUT2D eigenvalue weighted by Gasteiger charge is 2.32. The highest BCUT2D eigenvalue weighted by Crippen LogP contribution is 2.32. The smallest absolute Gasteiger partial charge is 0.316 e. The molecule has 2 aromatic rings. The van der Waals surface area contributed by atoms with Crippen LogP contribution in [0.15, 0.2) is 41.3 Å². The molecule has 174 valence electrons. The van der Waals surface area contributed by atoms with Crippen LogP contribution in [0, 0.1) is 5.92 Å². The normalized spacial score (nSPS) is 22.4. The maximum atomic E-state index is 13.5. The number of nitrogens with zero attached hydrogens (tertiary/aromatic N) is 5. The highest BCUT2D eigenvalue weighted by molar-refractivity contribution is 7.86. The molecule has 1 aromatic carbocycles. The Balaban J connectivity index is 1.64. The number of aromatic nitrogens is 2. The monoisotopic (exact) mass is 461 g/mol. The van der Waals surface area contributed by atoms with E-state index in [1.165, 1.54) is 27.4 Å². The lowest BCUT2D eigenvalue weighted by Gasteiger charge is -2.36. The van der Waals surface area contributed by atoms with E-state index in [0.717, 1.165) is 19.3 Å². The molecule has 10 heteroatoms. The molecule has 0 radical (unpaired) electrons. The van der Waals surface area contributed by atoms with Crippen LogP contribution in [-0.4, -0.2) is 73.2 Å². The number of hydrogen-bond acceptors (Lipinski definition) is 6. The molecule has 1 aromatic heterocycles. The molecule has 1 aliphatic carbocycles. The van der Waals surface area contributed by atoms with Gasteiger partial charge in [-0.1, -0.05) is 25.1 Å². The largest absolute Gasteiger partial charge is 0.483 e. The number of hydrogen-bond donors (Lipinski definition) is 0. The van der Waals surface area contributed by atoms with E-state index < -0.39 is 10.2 Å². The third kappa shape index (κ3) is 4.53. The molecule has 1 saturated heterocycles. The van der Waals surface area contributed by atoms with Crippen molar-refractivity contribution in [2.75, 3.05) is 45.2 Å². The second-order valence-corrected chi connectivity index (χ2v) is 10.9. The van der Waals surface area contributed by atoms with Gasteiger partial charge in [-0.05, 0) is 37.3 Å². The molecule has 2 atom stereocenters. The first-order valence-electron chi connectivity index (χ1n) is 11.0. The quantitative estimate of drug-likeness (QED) is 0.651. The van der Waals surface area contributed by atoms with Gasteiger partial charge in [-0.2, -0.15) is 26.8 Å². The van der Waals surface area contributed by atoms with Crippen molar-refractivity contribution >= 4 is 15.9 Å². The Kier molecular flexibility index (Phi) is 6.55. The van der Waals surface area contributed by atoms with Crippen LogP contribution in [0.4, 0.5) is 5.69 Å².